The van der Waals surface area contributed by atoms with Crippen LogP contribution >= 0.6 is 0 Å². The van der Waals surface area contributed by atoms with E-state index in [4.69, 9.17) is 0 Å². The number of carbonyl (C=O) groups is 1. The van der Waals surface area contributed by atoms with Crippen molar-refractivity contribution >= 4 is 5.91 Å². The Morgan fingerprint density at radius 2 is 1.54 bits per heavy atom. The smallest absolute Gasteiger partial charge is 0.220 e. The van der Waals surface area contributed by atoms with Crippen molar-refractivity contribution in [3.8, 4) is 0 Å². The molecule has 0 fully saturated rings. The highest BCUT2D eigenvalue weighted by atomic mass is 19.1. The first-order chi connectivity index (χ1) is 11.5. The average Bonchev–Trinajstić information content (AvgIpc) is 2.58. The Morgan fingerprint density at radius 3 is 2.17 bits per heavy atom. The van der Waals surface area contributed by atoms with E-state index < -0.39 is 0 Å². The Bertz CT molecular complexity index is 632. The lowest BCUT2D eigenvalue weighted by molar-refractivity contribution is -0.121. The van der Waals surface area contributed by atoms with Gasteiger partial charge in [0.05, 0.1) is 0 Å². The molecule has 2 nitrogen and oxygen atoms in total. The van der Waals surface area contributed by atoms with Gasteiger partial charge in [0, 0.05) is 13.0 Å². The summed E-state index contributed by atoms with van der Waals surface area (Å²) >= 11 is 0. The number of aryl methyl sites for hydroxylation is 2. The maximum absolute atomic E-state index is 12.8. The summed E-state index contributed by atoms with van der Waals surface area (Å²) < 4.78 is 12.8. The lowest BCUT2D eigenvalue weighted by Crippen LogP contribution is -2.24. The van der Waals surface area contributed by atoms with Gasteiger partial charge in [-0.15, -0.1) is 0 Å². The first kappa shape index (κ1) is 18.2. The van der Waals surface area contributed by atoms with Crippen LogP contribution in [0.5, 0.6) is 0 Å². The second kappa shape index (κ2) is 9.21. The number of amides is 1. The van der Waals surface area contributed by atoms with E-state index in [-0.39, 0.29) is 11.7 Å². The van der Waals surface area contributed by atoms with E-state index in [1.165, 1.54) is 23.3 Å². The molecule has 1 N–H and O–H groups in total. The number of hydrogen-bond acceptors (Lipinski definition) is 1. The SMILES string of the molecule is CC(C)c1ccc(CCCNC(=O)CCc2ccc(F)cc2)cc1. The summed E-state index contributed by atoms with van der Waals surface area (Å²) in [7, 11) is 0. The van der Waals surface area contributed by atoms with E-state index in [1.54, 1.807) is 12.1 Å². The molecule has 2 aromatic rings. The zero-order chi connectivity index (χ0) is 17.4. The highest BCUT2D eigenvalue weighted by molar-refractivity contribution is 5.76. The van der Waals surface area contributed by atoms with Crippen LogP contribution in [0.25, 0.3) is 0 Å². The molecule has 24 heavy (non-hydrogen) atoms. The van der Waals surface area contributed by atoms with Gasteiger partial charge in [-0.25, -0.2) is 4.39 Å². The summed E-state index contributed by atoms with van der Waals surface area (Å²) in [6.45, 7) is 5.07. The quantitative estimate of drug-likeness (QED) is 0.704. The van der Waals surface area contributed by atoms with E-state index in [0.29, 0.717) is 25.3 Å². The summed E-state index contributed by atoms with van der Waals surface area (Å²) in [6, 6.07) is 15.0. The molecule has 0 heterocycles. The van der Waals surface area contributed by atoms with Crippen LogP contribution in [0.3, 0.4) is 0 Å². The molecule has 0 aromatic heterocycles. The second-order valence-electron chi connectivity index (χ2n) is 6.48. The van der Waals surface area contributed by atoms with Gasteiger partial charge in [0.25, 0.3) is 0 Å². The summed E-state index contributed by atoms with van der Waals surface area (Å²) in [5, 5.41) is 2.95. The van der Waals surface area contributed by atoms with Gasteiger partial charge in [0.2, 0.25) is 5.91 Å². The highest BCUT2D eigenvalue weighted by Gasteiger charge is 2.03. The molecule has 0 bridgehead atoms. The van der Waals surface area contributed by atoms with Crippen LogP contribution in [0.1, 0.15) is 49.3 Å². The zero-order valence-electron chi connectivity index (χ0n) is 14.5. The van der Waals surface area contributed by atoms with E-state index in [1.807, 2.05) is 0 Å². The summed E-state index contributed by atoms with van der Waals surface area (Å²) in [5.41, 5.74) is 3.64. The van der Waals surface area contributed by atoms with Crippen LogP contribution < -0.4 is 5.32 Å². The standard InChI is InChI=1S/C21H26FNO/c1-16(2)19-10-5-17(6-11-19)4-3-15-23-21(24)14-9-18-7-12-20(22)13-8-18/h5-8,10-13,16H,3-4,9,14-15H2,1-2H3,(H,23,24). The first-order valence-corrected chi connectivity index (χ1v) is 8.64. The molecule has 3 heteroatoms. The lowest BCUT2D eigenvalue weighted by atomic mass is 10.0. The maximum atomic E-state index is 12.8. The van der Waals surface area contributed by atoms with Gasteiger partial charge in [0.1, 0.15) is 5.82 Å². The molecule has 2 aromatic carbocycles. The Labute approximate surface area is 144 Å². The minimum absolute atomic E-state index is 0.0504. The summed E-state index contributed by atoms with van der Waals surface area (Å²) in [5.74, 6) is 0.360. The molecule has 0 aliphatic heterocycles. The molecule has 128 valence electrons. The van der Waals surface area contributed by atoms with Gasteiger partial charge in [-0.05, 0) is 54.0 Å². The van der Waals surface area contributed by atoms with Crippen molar-refractivity contribution in [1.29, 1.82) is 0 Å². The largest absolute Gasteiger partial charge is 0.356 e. The second-order valence-corrected chi connectivity index (χ2v) is 6.48. The van der Waals surface area contributed by atoms with Gasteiger partial charge >= 0.3 is 0 Å². The fourth-order valence-corrected chi connectivity index (χ4v) is 2.59. The Morgan fingerprint density at radius 1 is 0.958 bits per heavy atom. The summed E-state index contributed by atoms with van der Waals surface area (Å²) in [6.07, 6.45) is 2.98. The van der Waals surface area contributed by atoms with Gasteiger partial charge in [0.15, 0.2) is 0 Å². The van der Waals surface area contributed by atoms with E-state index >= 15 is 0 Å². The molecule has 0 saturated heterocycles. The van der Waals surface area contributed by atoms with Crippen LogP contribution in [0.15, 0.2) is 48.5 Å². The van der Waals surface area contributed by atoms with Crippen LogP contribution in [0.2, 0.25) is 0 Å². The Balaban J connectivity index is 1.63. The summed E-state index contributed by atoms with van der Waals surface area (Å²) in [4.78, 5) is 11.8. The normalized spacial score (nSPS) is 10.8. The van der Waals surface area contributed by atoms with Gasteiger partial charge < -0.3 is 5.32 Å². The van der Waals surface area contributed by atoms with Crippen molar-refractivity contribution in [3.63, 3.8) is 0 Å². The topological polar surface area (TPSA) is 29.1 Å². The van der Waals surface area contributed by atoms with Crippen molar-refractivity contribution in [2.75, 3.05) is 6.54 Å². The monoisotopic (exact) mass is 327 g/mol. The third kappa shape index (κ3) is 6.15. The molecule has 1 amide bonds. The molecule has 0 unspecified atom stereocenters. The van der Waals surface area contributed by atoms with Crippen molar-refractivity contribution in [2.24, 2.45) is 0 Å². The van der Waals surface area contributed by atoms with Gasteiger partial charge in [-0.3, -0.25) is 4.79 Å². The Hall–Kier alpha value is -2.16. The minimum Gasteiger partial charge on any atom is -0.356 e. The Kier molecular flexibility index (Phi) is 6.98. The number of nitrogens with one attached hydrogen (secondary N) is 1. The maximum Gasteiger partial charge on any atom is 0.220 e. The van der Waals surface area contributed by atoms with Crippen LogP contribution in [0.4, 0.5) is 4.39 Å². The van der Waals surface area contributed by atoms with Crippen LogP contribution in [-0.2, 0) is 17.6 Å². The van der Waals surface area contributed by atoms with Crippen molar-refractivity contribution < 1.29 is 9.18 Å². The fourth-order valence-electron chi connectivity index (χ4n) is 2.59. The van der Waals surface area contributed by atoms with Crippen molar-refractivity contribution in [3.05, 3.63) is 71.0 Å². The van der Waals surface area contributed by atoms with E-state index in [2.05, 4.69) is 43.4 Å². The zero-order valence-corrected chi connectivity index (χ0v) is 14.5. The van der Waals surface area contributed by atoms with E-state index in [9.17, 15) is 9.18 Å². The molecule has 0 saturated carbocycles. The molecule has 0 atom stereocenters. The highest BCUT2D eigenvalue weighted by Crippen LogP contribution is 2.15. The predicted molar refractivity (Wildman–Crippen MR) is 96.6 cm³/mol. The van der Waals surface area contributed by atoms with Crippen molar-refractivity contribution in [1.82, 2.24) is 5.32 Å². The van der Waals surface area contributed by atoms with Gasteiger partial charge in [-0.1, -0.05) is 50.2 Å². The number of benzene rings is 2. The van der Waals surface area contributed by atoms with E-state index in [0.717, 1.165) is 18.4 Å². The van der Waals surface area contributed by atoms with Crippen LogP contribution in [0, 0.1) is 5.82 Å². The third-order valence-corrected chi connectivity index (χ3v) is 4.16. The molecular weight excluding hydrogens is 301 g/mol. The predicted octanol–water partition coefficient (Wildman–Crippen LogP) is 4.63. The fraction of sp³-hybridized carbons (Fsp3) is 0.381. The first-order valence-electron chi connectivity index (χ1n) is 8.64. The molecule has 0 aliphatic rings. The molecule has 0 spiro atoms. The molecule has 0 radical (unpaired) electrons. The average molecular weight is 327 g/mol. The molecule has 0 aliphatic carbocycles. The number of carbonyl (C=O) groups excluding carboxylic acids is 1. The van der Waals surface area contributed by atoms with Gasteiger partial charge in [-0.2, -0.15) is 0 Å². The molecule has 2 rings (SSSR count). The number of halogens is 1. The lowest BCUT2D eigenvalue weighted by Gasteiger charge is -2.08. The number of rotatable bonds is 8. The number of hydrogen-bond donors (Lipinski definition) is 1. The minimum atomic E-state index is -0.246. The third-order valence-electron chi connectivity index (χ3n) is 4.16. The van der Waals surface area contributed by atoms with Crippen LogP contribution in [-0.4, -0.2) is 12.5 Å². The van der Waals surface area contributed by atoms with Crippen molar-refractivity contribution in [2.45, 2.75) is 45.4 Å². The molecular formula is C21H26FNO.